The van der Waals surface area contributed by atoms with Crippen LogP contribution in [0.2, 0.25) is 0 Å². The maximum Gasteiger partial charge on any atom is 0.239 e. The maximum absolute atomic E-state index is 13.7. The minimum atomic E-state index is -0.181. The predicted octanol–water partition coefficient (Wildman–Crippen LogP) is 2.46. The van der Waals surface area contributed by atoms with Crippen molar-refractivity contribution in [3.63, 3.8) is 0 Å². The molecule has 0 bridgehead atoms. The van der Waals surface area contributed by atoms with Crippen LogP contribution in [-0.2, 0) is 11.3 Å². The molecule has 0 saturated carbocycles. The second-order valence-corrected chi connectivity index (χ2v) is 7.72. The first-order chi connectivity index (χ1) is 13.5. The molecule has 2 aliphatic heterocycles. The van der Waals surface area contributed by atoms with Gasteiger partial charge in [0.2, 0.25) is 5.91 Å². The Kier molecular flexibility index (Phi) is 9.13. The first kappa shape index (κ1) is 23.9. The standard InChI is InChI=1S/C21H32FN5O.HI/c1-16-6-7-18(14-19(16)22)15-24-21(23-3)27-12-10-25(11-13-27)17(2)20(28)26-8-4-5-9-26;/h6-7,14,17H,4-5,8-13,15H2,1-3H3,(H,23,24);1H. The van der Waals surface area contributed by atoms with Gasteiger partial charge in [0.1, 0.15) is 5.82 Å². The minimum absolute atomic E-state index is 0. The Bertz CT molecular complexity index is 715. The normalized spacial score (nSPS) is 19.1. The van der Waals surface area contributed by atoms with Crippen LogP contribution in [-0.4, -0.2) is 78.9 Å². The smallest absolute Gasteiger partial charge is 0.239 e. The molecule has 6 nitrogen and oxygen atoms in total. The van der Waals surface area contributed by atoms with Crippen molar-refractivity contribution in [3.05, 3.63) is 35.1 Å². The first-order valence-electron chi connectivity index (χ1n) is 10.2. The summed E-state index contributed by atoms with van der Waals surface area (Å²) in [6, 6.07) is 5.24. The van der Waals surface area contributed by atoms with Crippen molar-refractivity contribution in [2.24, 2.45) is 4.99 Å². The van der Waals surface area contributed by atoms with Gasteiger partial charge in [0.15, 0.2) is 5.96 Å². The fourth-order valence-electron chi connectivity index (χ4n) is 3.94. The summed E-state index contributed by atoms with van der Waals surface area (Å²) >= 11 is 0. The van der Waals surface area contributed by atoms with Crippen LogP contribution in [0.25, 0.3) is 0 Å². The van der Waals surface area contributed by atoms with E-state index >= 15 is 0 Å². The zero-order valence-corrected chi connectivity index (χ0v) is 20.0. The van der Waals surface area contributed by atoms with Crippen molar-refractivity contribution < 1.29 is 9.18 Å². The van der Waals surface area contributed by atoms with Crippen LogP contribution >= 0.6 is 24.0 Å². The molecule has 0 spiro atoms. The Hall–Kier alpha value is -1.42. The van der Waals surface area contributed by atoms with Gasteiger partial charge in [-0.2, -0.15) is 0 Å². The Labute approximate surface area is 190 Å². The fraction of sp³-hybridized carbons (Fsp3) is 0.619. The summed E-state index contributed by atoms with van der Waals surface area (Å²) in [4.78, 5) is 23.5. The summed E-state index contributed by atoms with van der Waals surface area (Å²) in [6.07, 6.45) is 2.25. The highest BCUT2D eigenvalue weighted by atomic mass is 127. The molecule has 2 saturated heterocycles. The molecular formula is C21H33FIN5O. The molecule has 0 radical (unpaired) electrons. The molecule has 8 heteroatoms. The molecule has 2 heterocycles. The fourth-order valence-corrected chi connectivity index (χ4v) is 3.94. The predicted molar refractivity (Wildman–Crippen MR) is 125 cm³/mol. The average molecular weight is 517 g/mol. The van der Waals surface area contributed by atoms with E-state index in [2.05, 4.69) is 20.1 Å². The number of piperazine rings is 1. The average Bonchev–Trinajstić information content (AvgIpc) is 3.25. The van der Waals surface area contributed by atoms with Gasteiger partial charge in [0.05, 0.1) is 6.04 Å². The largest absolute Gasteiger partial charge is 0.352 e. The van der Waals surface area contributed by atoms with Crippen molar-refractivity contribution in [2.45, 2.75) is 39.3 Å². The highest BCUT2D eigenvalue weighted by Crippen LogP contribution is 2.14. The molecule has 1 N–H and O–H groups in total. The lowest BCUT2D eigenvalue weighted by Gasteiger charge is -2.39. The number of benzene rings is 1. The van der Waals surface area contributed by atoms with Gasteiger partial charge in [-0.1, -0.05) is 12.1 Å². The zero-order valence-electron chi connectivity index (χ0n) is 17.7. The van der Waals surface area contributed by atoms with Gasteiger partial charge in [-0.05, 0) is 43.9 Å². The Morgan fingerprint density at radius 2 is 1.79 bits per heavy atom. The number of likely N-dealkylation sites (tertiary alicyclic amines) is 1. The number of aliphatic imine (C=N–C) groups is 1. The Balaban J connectivity index is 0.00000300. The number of hydrogen-bond donors (Lipinski definition) is 1. The Morgan fingerprint density at radius 3 is 2.38 bits per heavy atom. The van der Waals surface area contributed by atoms with E-state index in [1.807, 2.05) is 17.9 Å². The third-order valence-corrected chi connectivity index (χ3v) is 5.84. The monoisotopic (exact) mass is 517 g/mol. The molecule has 1 amide bonds. The number of nitrogens with zero attached hydrogens (tertiary/aromatic N) is 4. The number of hydrogen-bond acceptors (Lipinski definition) is 3. The van der Waals surface area contributed by atoms with Crippen LogP contribution in [0.15, 0.2) is 23.2 Å². The lowest BCUT2D eigenvalue weighted by Crippen LogP contribution is -2.57. The summed E-state index contributed by atoms with van der Waals surface area (Å²) in [6.45, 7) is 9.43. The van der Waals surface area contributed by atoms with E-state index in [1.54, 1.807) is 26.1 Å². The SMILES string of the molecule is CN=C(NCc1ccc(C)c(F)c1)N1CCN(C(C)C(=O)N2CCCC2)CC1.I. The number of amides is 1. The molecule has 0 aromatic heterocycles. The van der Waals surface area contributed by atoms with Crippen LogP contribution in [0.5, 0.6) is 0 Å². The van der Waals surface area contributed by atoms with E-state index in [0.29, 0.717) is 12.1 Å². The van der Waals surface area contributed by atoms with E-state index in [-0.39, 0.29) is 41.7 Å². The summed E-state index contributed by atoms with van der Waals surface area (Å²) in [7, 11) is 1.77. The molecule has 2 fully saturated rings. The van der Waals surface area contributed by atoms with Gasteiger partial charge in [0, 0.05) is 52.9 Å². The quantitative estimate of drug-likeness (QED) is 0.379. The molecule has 1 atom stereocenters. The van der Waals surface area contributed by atoms with E-state index < -0.39 is 0 Å². The number of aryl methyl sites for hydroxylation is 1. The van der Waals surface area contributed by atoms with Crippen molar-refractivity contribution in [1.29, 1.82) is 0 Å². The number of guanidine groups is 1. The molecule has 1 aromatic rings. The molecule has 1 aromatic carbocycles. The summed E-state index contributed by atoms with van der Waals surface area (Å²) in [5, 5.41) is 3.33. The van der Waals surface area contributed by atoms with Gasteiger partial charge in [0.25, 0.3) is 0 Å². The van der Waals surface area contributed by atoms with Gasteiger partial charge in [-0.15, -0.1) is 24.0 Å². The van der Waals surface area contributed by atoms with Gasteiger partial charge >= 0.3 is 0 Å². The van der Waals surface area contributed by atoms with Crippen LogP contribution in [0, 0.1) is 12.7 Å². The summed E-state index contributed by atoms with van der Waals surface area (Å²) in [5.74, 6) is 0.897. The highest BCUT2D eigenvalue weighted by Gasteiger charge is 2.30. The number of nitrogens with one attached hydrogen (secondary N) is 1. The molecule has 3 rings (SSSR count). The van der Waals surface area contributed by atoms with Crippen molar-refractivity contribution >= 4 is 35.8 Å². The zero-order chi connectivity index (χ0) is 20.1. The topological polar surface area (TPSA) is 51.2 Å². The van der Waals surface area contributed by atoms with Gasteiger partial charge in [-0.3, -0.25) is 14.7 Å². The van der Waals surface area contributed by atoms with Crippen LogP contribution < -0.4 is 5.32 Å². The minimum Gasteiger partial charge on any atom is -0.352 e. The highest BCUT2D eigenvalue weighted by molar-refractivity contribution is 14.0. The van der Waals surface area contributed by atoms with Gasteiger partial charge < -0.3 is 15.1 Å². The second-order valence-electron chi connectivity index (χ2n) is 7.72. The number of halogens is 2. The van der Waals surface area contributed by atoms with Crippen molar-refractivity contribution in [3.8, 4) is 0 Å². The van der Waals surface area contributed by atoms with Crippen molar-refractivity contribution in [1.82, 2.24) is 20.0 Å². The van der Waals surface area contributed by atoms with E-state index in [9.17, 15) is 9.18 Å². The Morgan fingerprint density at radius 1 is 1.14 bits per heavy atom. The lowest BCUT2D eigenvalue weighted by atomic mass is 10.1. The van der Waals surface area contributed by atoms with E-state index in [0.717, 1.165) is 63.6 Å². The van der Waals surface area contributed by atoms with E-state index in [4.69, 9.17) is 0 Å². The third-order valence-electron chi connectivity index (χ3n) is 5.84. The van der Waals surface area contributed by atoms with Crippen LogP contribution in [0.1, 0.15) is 30.9 Å². The summed E-state index contributed by atoms with van der Waals surface area (Å²) in [5.41, 5.74) is 1.55. The van der Waals surface area contributed by atoms with Crippen molar-refractivity contribution in [2.75, 3.05) is 46.3 Å². The van der Waals surface area contributed by atoms with Crippen LogP contribution in [0.3, 0.4) is 0 Å². The molecule has 162 valence electrons. The third kappa shape index (κ3) is 6.04. The molecular weight excluding hydrogens is 484 g/mol. The maximum atomic E-state index is 13.7. The summed E-state index contributed by atoms with van der Waals surface area (Å²) < 4.78 is 13.7. The molecule has 1 unspecified atom stereocenters. The number of carbonyl (C=O) groups excluding carboxylic acids is 1. The molecule has 0 aliphatic carbocycles. The molecule has 29 heavy (non-hydrogen) atoms. The first-order valence-corrected chi connectivity index (χ1v) is 10.2. The molecule has 2 aliphatic rings. The van der Waals surface area contributed by atoms with E-state index in [1.165, 1.54) is 0 Å². The van der Waals surface area contributed by atoms with Crippen LogP contribution in [0.4, 0.5) is 4.39 Å². The number of carbonyl (C=O) groups is 1. The van der Waals surface area contributed by atoms with Gasteiger partial charge in [-0.25, -0.2) is 4.39 Å². The number of rotatable bonds is 4. The second kappa shape index (κ2) is 11.1. The lowest BCUT2D eigenvalue weighted by molar-refractivity contribution is -0.135.